The Bertz CT molecular complexity index is 647. The molecule has 1 N–H and O–H groups in total. The van der Waals surface area contributed by atoms with E-state index in [9.17, 15) is 4.79 Å². The number of nitrogens with one attached hydrogen (secondary N) is 1. The molecule has 0 unspecified atom stereocenters. The second-order valence-electron chi connectivity index (χ2n) is 4.26. The zero-order valence-electron chi connectivity index (χ0n) is 9.68. The smallest absolute Gasteiger partial charge is 0.267 e. The first kappa shape index (κ1) is 12.0. The van der Waals surface area contributed by atoms with E-state index in [4.69, 9.17) is 0 Å². The Morgan fingerprint density at radius 2 is 2.33 bits per heavy atom. The average molecular weight is 327 g/mol. The highest BCUT2D eigenvalue weighted by molar-refractivity contribution is 9.10. The first-order valence-electron chi connectivity index (χ1n) is 5.62. The summed E-state index contributed by atoms with van der Waals surface area (Å²) in [6, 6.07) is 2.24. The molecular weight excluding hydrogens is 316 g/mol. The summed E-state index contributed by atoms with van der Waals surface area (Å²) < 4.78 is 2.67. The van der Waals surface area contributed by atoms with Crippen LogP contribution in [0.5, 0.6) is 0 Å². The van der Waals surface area contributed by atoms with Crippen molar-refractivity contribution in [3.63, 3.8) is 0 Å². The SMILES string of the molecule is Cc1ccnc(Sc2n[nH]c(=O)n2C2CC2)c1Br. The first-order valence-corrected chi connectivity index (χ1v) is 7.23. The van der Waals surface area contributed by atoms with Crippen LogP contribution in [0.3, 0.4) is 0 Å². The Morgan fingerprint density at radius 1 is 1.56 bits per heavy atom. The van der Waals surface area contributed by atoms with Gasteiger partial charge in [0, 0.05) is 12.2 Å². The van der Waals surface area contributed by atoms with Gasteiger partial charge in [-0.15, -0.1) is 5.10 Å². The number of rotatable bonds is 3. The van der Waals surface area contributed by atoms with Crippen LogP contribution in [0.15, 0.2) is 31.7 Å². The van der Waals surface area contributed by atoms with Gasteiger partial charge in [0.1, 0.15) is 5.03 Å². The molecule has 1 aliphatic rings. The summed E-state index contributed by atoms with van der Waals surface area (Å²) in [5.41, 5.74) is 0.979. The minimum atomic E-state index is -0.135. The number of halogens is 1. The quantitative estimate of drug-likeness (QED) is 0.941. The van der Waals surface area contributed by atoms with E-state index in [-0.39, 0.29) is 5.69 Å². The van der Waals surface area contributed by atoms with Gasteiger partial charge in [0.05, 0.1) is 4.47 Å². The standard InChI is InChI=1S/C11H11BrN4OS/c1-6-4-5-13-9(8(6)12)18-11-15-14-10(17)16(11)7-2-3-7/h4-5,7H,2-3H2,1H3,(H,14,17). The van der Waals surface area contributed by atoms with E-state index >= 15 is 0 Å². The van der Waals surface area contributed by atoms with E-state index in [0.29, 0.717) is 11.2 Å². The number of pyridine rings is 1. The molecule has 0 atom stereocenters. The van der Waals surface area contributed by atoms with Gasteiger partial charge in [-0.25, -0.2) is 14.9 Å². The largest absolute Gasteiger partial charge is 0.344 e. The lowest BCUT2D eigenvalue weighted by Crippen LogP contribution is -2.16. The van der Waals surface area contributed by atoms with Crippen LogP contribution in [0.2, 0.25) is 0 Å². The Hall–Kier alpha value is -1.08. The van der Waals surface area contributed by atoms with Gasteiger partial charge in [-0.2, -0.15) is 0 Å². The summed E-state index contributed by atoms with van der Waals surface area (Å²) in [6.45, 7) is 2.01. The third kappa shape index (κ3) is 2.12. The highest BCUT2D eigenvalue weighted by atomic mass is 79.9. The summed E-state index contributed by atoms with van der Waals surface area (Å²) in [5, 5.41) is 8.09. The molecule has 94 valence electrons. The van der Waals surface area contributed by atoms with Gasteiger partial charge in [0.15, 0.2) is 5.16 Å². The fourth-order valence-electron chi connectivity index (χ4n) is 1.69. The van der Waals surface area contributed by atoms with Crippen LogP contribution in [0.1, 0.15) is 24.4 Å². The van der Waals surface area contributed by atoms with Crippen molar-refractivity contribution >= 4 is 27.7 Å². The fraction of sp³-hybridized carbons (Fsp3) is 0.364. The van der Waals surface area contributed by atoms with Crippen molar-refractivity contribution in [2.45, 2.75) is 36.0 Å². The molecular formula is C11H11BrN4OS. The third-order valence-corrected chi connectivity index (χ3v) is 5.06. The molecule has 5 nitrogen and oxygen atoms in total. The minimum absolute atomic E-state index is 0.135. The lowest BCUT2D eigenvalue weighted by Gasteiger charge is -2.05. The molecule has 0 aliphatic heterocycles. The monoisotopic (exact) mass is 326 g/mol. The van der Waals surface area contributed by atoms with Crippen LogP contribution >= 0.6 is 27.7 Å². The maximum atomic E-state index is 11.7. The molecule has 2 heterocycles. The molecule has 2 aromatic heterocycles. The van der Waals surface area contributed by atoms with Gasteiger partial charge in [0.2, 0.25) is 0 Å². The van der Waals surface area contributed by atoms with Crippen molar-refractivity contribution in [1.82, 2.24) is 19.7 Å². The summed E-state index contributed by atoms with van der Waals surface area (Å²) in [4.78, 5) is 16.0. The molecule has 2 aromatic rings. The third-order valence-electron chi connectivity index (χ3n) is 2.82. The van der Waals surface area contributed by atoms with Crippen molar-refractivity contribution < 1.29 is 0 Å². The van der Waals surface area contributed by atoms with Crippen LogP contribution < -0.4 is 5.69 Å². The molecule has 0 amide bonds. The van der Waals surface area contributed by atoms with E-state index in [1.807, 2.05) is 13.0 Å². The lowest BCUT2D eigenvalue weighted by molar-refractivity contribution is 0.642. The Balaban J connectivity index is 1.97. The van der Waals surface area contributed by atoms with Crippen molar-refractivity contribution in [2.75, 3.05) is 0 Å². The molecule has 1 aliphatic carbocycles. The average Bonchev–Trinajstić information content (AvgIpc) is 3.11. The summed E-state index contributed by atoms with van der Waals surface area (Å²) in [6.07, 6.45) is 3.86. The Kier molecular flexibility index (Phi) is 3.03. The molecule has 1 saturated carbocycles. The fourth-order valence-corrected chi connectivity index (χ4v) is 3.13. The van der Waals surface area contributed by atoms with Gasteiger partial charge in [-0.3, -0.25) is 4.57 Å². The van der Waals surface area contributed by atoms with Gasteiger partial charge < -0.3 is 0 Å². The molecule has 0 saturated heterocycles. The molecule has 0 spiro atoms. The normalized spacial score (nSPS) is 15.0. The summed E-state index contributed by atoms with van der Waals surface area (Å²) in [5.74, 6) is 0. The first-order chi connectivity index (χ1) is 8.66. The molecule has 0 bridgehead atoms. The van der Waals surface area contributed by atoms with Crippen molar-refractivity contribution in [1.29, 1.82) is 0 Å². The number of hydrogen-bond acceptors (Lipinski definition) is 4. The summed E-state index contributed by atoms with van der Waals surface area (Å²) >= 11 is 4.92. The van der Waals surface area contributed by atoms with Crippen LogP contribution in [0.25, 0.3) is 0 Å². The van der Waals surface area contributed by atoms with Crippen LogP contribution in [-0.4, -0.2) is 19.7 Å². The molecule has 7 heteroatoms. The van der Waals surface area contributed by atoms with Crippen molar-refractivity contribution in [2.24, 2.45) is 0 Å². The van der Waals surface area contributed by atoms with Crippen molar-refractivity contribution in [3.8, 4) is 0 Å². The highest BCUT2D eigenvalue weighted by Crippen LogP contribution is 2.38. The second-order valence-corrected chi connectivity index (χ2v) is 6.01. The molecule has 0 aromatic carbocycles. The van der Waals surface area contributed by atoms with E-state index < -0.39 is 0 Å². The Morgan fingerprint density at radius 3 is 3.06 bits per heavy atom. The van der Waals surface area contributed by atoms with Gasteiger partial charge in [0.25, 0.3) is 0 Å². The van der Waals surface area contributed by atoms with E-state index in [1.165, 1.54) is 11.8 Å². The van der Waals surface area contributed by atoms with Gasteiger partial charge in [-0.1, -0.05) is 0 Å². The number of aromatic nitrogens is 4. The van der Waals surface area contributed by atoms with Crippen LogP contribution in [-0.2, 0) is 0 Å². The zero-order valence-corrected chi connectivity index (χ0v) is 12.1. The predicted octanol–water partition coefficient (Wildman–Crippen LogP) is 2.52. The number of hydrogen-bond donors (Lipinski definition) is 1. The zero-order chi connectivity index (χ0) is 12.7. The molecule has 3 rings (SSSR count). The maximum absolute atomic E-state index is 11.7. The van der Waals surface area contributed by atoms with E-state index in [2.05, 4.69) is 31.1 Å². The Labute approximate surface area is 116 Å². The number of nitrogens with zero attached hydrogens (tertiary/aromatic N) is 3. The van der Waals surface area contributed by atoms with Gasteiger partial charge in [-0.05, 0) is 59.1 Å². The topological polar surface area (TPSA) is 63.6 Å². The second kappa shape index (κ2) is 4.55. The predicted molar refractivity (Wildman–Crippen MR) is 71.9 cm³/mol. The molecule has 18 heavy (non-hydrogen) atoms. The van der Waals surface area contributed by atoms with E-state index in [1.54, 1.807) is 10.8 Å². The number of aromatic amines is 1. The van der Waals surface area contributed by atoms with Crippen molar-refractivity contribution in [3.05, 3.63) is 32.8 Å². The highest BCUT2D eigenvalue weighted by Gasteiger charge is 2.29. The lowest BCUT2D eigenvalue weighted by atomic mass is 10.3. The number of H-pyrrole nitrogens is 1. The number of aryl methyl sites for hydroxylation is 1. The van der Waals surface area contributed by atoms with Crippen LogP contribution in [0, 0.1) is 6.92 Å². The van der Waals surface area contributed by atoms with E-state index in [0.717, 1.165) is 27.9 Å². The minimum Gasteiger partial charge on any atom is -0.267 e. The maximum Gasteiger partial charge on any atom is 0.344 e. The summed E-state index contributed by atoms with van der Waals surface area (Å²) in [7, 11) is 0. The molecule has 0 radical (unpaired) electrons. The molecule has 1 fully saturated rings. The van der Waals surface area contributed by atoms with Gasteiger partial charge >= 0.3 is 5.69 Å². The van der Waals surface area contributed by atoms with Crippen LogP contribution in [0.4, 0.5) is 0 Å².